The van der Waals surface area contributed by atoms with Gasteiger partial charge in [0.1, 0.15) is 0 Å². The fourth-order valence-corrected chi connectivity index (χ4v) is 1.48. The summed E-state index contributed by atoms with van der Waals surface area (Å²) in [5, 5.41) is 1.23. The lowest BCUT2D eigenvalue weighted by Crippen LogP contribution is -2.25. The van der Waals surface area contributed by atoms with E-state index in [4.69, 9.17) is 23.2 Å². The summed E-state index contributed by atoms with van der Waals surface area (Å²) >= 11 is 11.8. The Labute approximate surface area is 83.3 Å². The van der Waals surface area contributed by atoms with Gasteiger partial charge in [0.05, 0.1) is 10.0 Å². The van der Waals surface area contributed by atoms with Gasteiger partial charge in [-0.15, -0.1) is 12.6 Å². The van der Waals surface area contributed by atoms with Crippen molar-refractivity contribution in [3.63, 3.8) is 0 Å². The van der Waals surface area contributed by atoms with Crippen LogP contribution in [0.25, 0.3) is 0 Å². The van der Waals surface area contributed by atoms with Gasteiger partial charge in [-0.1, -0.05) is 47.6 Å². The topological polar surface area (TPSA) is 0 Å². The van der Waals surface area contributed by atoms with E-state index in [0.29, 0.717) is 10.0 Å². The minimum atomic E-state index is 0.246. The molecule has 0 aromatic heterocycles. The van der Waals surface area contributed by atoms with Crippen molar-refractivity contribution in [2.45, 2.75) is 6.82 Å². The zero-order chi connectivity index (χ0) is 9.14. The Morgan fingerprint density at radius 2 is 2.08 bits per heavy atom. The van der Waals surface area contributed by atoms with Crippen LogP contribution >= 0.6 is 23.2 Å². The molecule has 3 heteroatoms. The summed E-state index contributed by atoms with van der Waals surface area (Å²) in [6.07, 6.45) is 0. The molecule has 0 N–H and O–H groups in total. The van der Waals surface area contributed by atoms with E-state index in [-0.39, 0.29) is 6.71 Å². The van der Waals surface area contributed by atoms with E-state index in [1.165, 1.54) is 0 Å². The van der Waals surface area contributed by atoms with Crippen molar-refractivity contribution in [3.8, 4) is 0 Å². The number of rotatable bonds is 2. The molecule has 62 valence electrons. The Bertz CT molecular complexity index is 297. The molecule has 0 bridgehead atoms. The van der Waals surface area contributed by atoms with E-state index < -0.39 is 0 Å². The van der Waals surface area contributed by atoms with E-state index in [0.717, 1.165) is 5.46 Å². The highest BCUT2D eigenvalue weighted by molar-refractivity contribution is 6.79. The van der Waals surface area contributed by atoms with Crippen LogP contribution in [-0.4, -0.2) is 6.71 Å². The molecule has 0 nitrogen and oxygen atoms in total. The van der Waals surface area contributed by atoms with Crippen molar-refractivity contribution in [1.29, 1.82) is 0 Å². The van der Waals surface area contributed by atoms with Gasteiger partial charge in [-0.05, 0) is 6.07 Å². The van der Waals surface area contributed by atoms with Crippen LogP contribution in [0.1, 0.15) is 0 Å². The second-order valence-electron chi connectivity index (χ2n) is 2.67. The number of halogens is 2. The quantitative estimate of drug-likeness (QED) is 0.642. The van der Waals surface area contributed by atoms with E-state index in [2.05, 4.69) is 6.58 Å². The molecule has 0 aliphatic heterocycles. The largest absolute Gasteiger partial charge is 0.199 e. The Balaban J connectivity index is 3.15. The SMILES string of the molecule is C=CB(C)c1cccc(Cl)c1Cl. The van der Waals surface area contributed by atoms with E-state index in [1.807, 2.05) is 24.9 Å². The third-order valence-corrected chi connectivity index (χ3v) is 2.66. The highest BCUT2D eigenvalue weighted by Gasteiger charge is 2.10. The van der Waals surface area contributed by atoms with Crippen molar-refractivity contribution in [3.05, 3.63) is 40.8 Å². The lowest BCUT2D eigenvalue weighted by Gasteiger charge is -2.06. The molecule has 0 heterocycles. The maximum absolute atomic E-state index is 5.99. The molecule has 0 spiro atoms. The number of hydrogen-bond donors (Lipinski definition) is 0. The molecule has 1 rings (SSSR count). The van der Waals surface area contributed by atoms with Crippen molar-refractivity contribution >= 4 is 35.4 Å². The molecular weight excluding hydrogens is 190 g/mol. The van der Waals surface area contributed by atoms with Crippen LogP contribution in [0.5, 0.6) is 0 Å². The highest BCUT2D eigenvalue weighted by atomic mass is 35.5. The molecule has 0 amide bonds. The van der Waals surface area contributed by atoms with Crippen molar-refractivity contribution in [2.75, 3.05) is 0 Å². The first-order chi connectivity index (χ1) is 5.66. The molecule has 0 fully saturated rings. The standard InChI is InChI=1S/C9H9BCl2/c1-3-10(2)7-5-4-6-8(11)9(7)12/h3-6H,1H2,2H3. The molecule has 1 aromatic rings. The monoisotopic (exact) mass is 198 g/mol. The summed E-state index contributed by atoms with van der Waals surface area (Å²) in [5.41, 5.74) is 1.03. The van der Waals surface area contributed by atoms with Crippen LogP contribution in [0.4, 0.5) is 0 Å². The Morgan fingerprint density at radius 3 is 2.67 bits per heavy atom. The summed E-state index contributed by atoms with van der Waals surface area (Å²) in [6, 6.07) is 5.63. The summed E-state index contributed by atoms with van der Waals surface area (Å²) in [6.45, 7) is 5.98. The second kappa shape index (κ2) is 4.02. The predicted octanol–water partition coefficient (Wildman–Crippen LogP) is 3.05. The van der Waals surface area contributed by atoms with Gasteiger partial charge in [-0.3, -0.25) is 0 Å². The van der Waals surface area contributed by atoms with Gasteiger partial charge in [-0.25, -0.2) is 0 Å². The predicted molar refractivity (Wildman–Crippen MR) is 57.9 cm³/mol. The fraction of sp³-hybridized carbons (Fsp3) is 0.111. The van der Waals surface area contributed by atoms with Gasteiger partial charge in [-0.2, -0.15) is 0 Å². The zero-order valence-corrected chi connectivity index (χ0v) is 8.36. The Hall–Kier alpha value is -0.395. The van der Waals surface area contributed by atoms with Crippen LogP contribution in [-0.2, 0) is 0 Å². The lowest BCUT2D eigenvalue weighted by molar-refractivity contribution is 1.74. The summed E-state index contributed by atoms with van der Waals surface area (Å²) in [7, 11) is 0. The summed E-state index contributed by atoms with van der Waals surface area (Å²) in [5.74, 6) is 1.84. The van der Waals surface area contributed by atoms with Crippen LogP contribution in [0.3, 0.4) is 0 Å². The van der Waals surface area contributed by atoms with Gasteiger partial charge in [0, 0.05) is 0 Å². The first kappa shape index (κ1) is 9.69. The normalized spacial score (nSPS) is 9.58. The minimum Gasteiger partial charge on any atom is -0.117 e. The lowest BCUT2D eigenvalue weighted by atomic mass is 9.47. The maximum atomic E-state index is 5.99. The molecule has 1 aromatic carbocycles. The molecule has 0 radical (unpaired) electrons. The molecule has 12 heavy (non-hydrogen) atoms. The number of hydrogen-bond acceptors (Lipinski definition) is 0. The Kier molecular flexibility index (Phi) is 3.24. The average Bonchev–Trinajstić information content (AvgIpc) is 2.08. The molecule has 0 saturated heterocycles. The van der Waals surface area contributed by atoms with Gasteiger partial charge in [0.25, 0.3) is 0 Å². The Morgan fingerprint density at radius 1 is 1.42 bits per heavy atom. The molecule has 0 atom stereocenters. The van der Waals surface area contributed by atoms with Crippen LogP contribution in [0.2, 0.25) is 16.9 Å². The molecule has 0 unspecified atom stereocenters. The van der Waals surface area contributed by atoms with Gasteiger partial charge < -0.3 is 0 Å². The van der Waals surface area contributed by atoms with Gasteiger partial charge in [0.2, 0.25) is 0 Å². The van der Waals surface area contributed by atoms with Gasteiger partial charge in [0.15, 0.2) is 6.71 Å². The smallest absolute Gasteiger partial charge is 0.117 e. The van der Waals surface area contributed by atoms with Crippen LogP contribution in [0.15, 0.2) is 30.8 Å². The van der Waals surface area contributed by atoms with Crippen LogP contribution < -0.4 is 5.46 Å². The molecule has 0 aliphatic carbocycles. The number of benzene rings is 1. The zero-order valence-electron chi connectivity index (χ0n) is 6.85. The van der Waals surface area contributed by atoms with Crippen molar-refractivity contribution in [2.24, 2.45) is 0 Å². The molecular formula is C9H9BCl2. The van der Waals surface area contributed by atoms with Gasteiger partial charge >= 0.3 is 0 Å². The average molecular weight is 199 g/mol. The van der Waals surface area contributed by atoms with Crippen molar-refractivity contribution in [1.82, 2.24) is 0 Å². The minimum absolute atomic E-state index is 0.246. The first-order valence-electron chi connectivity index (χ1n) is 3.73. The fourth-order valence-electron chi connectivity index (χ4n) is 0.999. The van der Waals surface area contributed by atoms with E-state index in [1.54, 1.807) is 6.07 Å². The second-order valence-corrected chi connectivity index (χ2v) is 3.45. The highest BCUT2D eigenvalue weighted by Crippen LogP contribution is 2.19. The third-order valence-electron chi connectivity index (χ3n) is 1.83. The van der Waals surface area contributed by atoms with E-state index >= 15 is 0 Å². The van der Waals surface area contributed by atoms with Crippen molar-refractivity contribution < 1.29 is 0 Å². The van der Waals surface area contributed by atoms with E-state index in [9.17, 15) is 0 Å². The molecule has 0 aliphatic rings. The summed E-state index contributed by atoms with van der Waals surface area (Å²) < 4.78 is 0. The van der Waals surface area contributed by atoms with Crippen LogP contribution in [0, 0.1) is 0 Å². The first-order valence-corrected chi connectivity index (χ1v) is 4.49. The maximum Gasteiger partial charge on any atom is 0.199 e. The molecule has 0 saturated carbocycles. The summed E-state index contributed by atoms with van der Waals surface area (Å²) in [4.78, 5) is 0. The third kappa shape index (κ3) is 1.85.